The average Bonchev–Trinajstić information content (AvgIpc) is 3.06. The van der Waals surface area contributed by atoms with Crippen LogP contribution in [0.4, 0.5) is 0 Å². The van der Waals surface area contributed by atoms with Crippen LogP contribution >= 0.6 is 0 Å². The quantitative estimate of drug-likeness (QED) is 0.781. The number of phenols is 1. The normalized spacial score (nSPS) is 17.8. The van der Waals surface area contributed by atoms with Crippen LogP contribution in [0.5, 0.6) is 5.75 Å². The third-order valence-corrected chi connectivity index (χ3v) is 4.10. The summed E-state index contributed by atoms with van der Waals surface area (Å²) in [6.07, 6.45) is 4.78. The van der Waals surface area contributed by atoms with Gasteiger partial charge in [-0.3, -0.25) is 9.48 Å². The second kappa shape index (κ2) is 7.28. The minimum Gasteiger partial charge on any atom is -0.508 e. The molecule has 3 rings (SSSR count). The van der Waals surface area contributed by atoms with E-state index in [2.05, 4.69) is 15.7 Å². The first-order chi connectivity index (χ1) is 11.2. The van der Waals surface area contributed by atoms with Crippen molar-refractivity contribution in [1.29, 1.82) is 0 Å². The molecule has 2 aromatic rings. The van der Waals surface area contributed by atoms with Crippen molar-refractivity contribution >= 4 is 5.91 Å². The van der Waals surface area contributed by atoms with Crippen LogP contribution in [0.15, 0.2) is 36.5 Å². The molecule has 3 N–H and O–H groups in total. The van der Waals surface area contributed by atoms with E-state index in [4.69, 9.17) is 0 Å². The highest BCUT2D eigenvalue weighted by molar-refractivity contribution is 5.92. The number of hydrogen-bond donors (Lipinski definition) is 3. The van der Waals surface area contributed by atoms with Gasteiger partial charge in [0.2, 0.25) is 0 Å². The van der Waals surface area contributed by atoms with Crippen molar-refractivity contribution in [2.45, 2.75) is 25.3 Å². The molecule has 1 amide bonds. The van der Waals surface area contributed by atoms with Gasteiger partial charge in [0, 0.05) is 19.3 Å². The first-order valence-electron chi connectivity index (χ1n) is 8.04. The first kappa shape index (κ1) is 15.6. The molecule has 6 nitrogen and oxygen atoms in total. The Morgan fingerprint density at radius 1 is 1.43 bits per heavy atom. The second-order valence-corrected chi connectivity index (χ2v) is 5.86. The van der Waals surface area contributed by atoms with Gasteiger partial charge in [-0.15, -0.1) is 0 Å². The van der Waals surface area contributed by atoms with Gasteiger partial charge in [-0.2, -0.15) is 5.10 Å². The predicted octanol–water partition coefficient (Wildman–Crippen LogP) is 1.49. The van der Waals surface area contributed by atoms with E-state index < -0.39 is 0 Å². The van der Waals surface area contributed by atoms with E-state index in [1.54, 1.807) is 24.3 Å². The summed E-state index contributed by atoms with van der Waals surface area (Å²) in [4.78, 5) is 12.1. The maximum absolute atomic E-state index is 12.1. The highest BCUT2D eigenvalue weighted by Crippen LogP contribution is 2.15. The second-order valence-electron chi connectivity index (χ2n) is 5.86. The third kappa shape index (κ3) is 4.10. The van der Waals surface area contributed by atoms with Crippen molar-refractivity contribution in [1.82, 2.24) is 20.4 Å². The van der Waals surface area contributed by atoms with Crippen molar-refractivity contribution in [2.75, 3.05) is 19.6 Å². The lowest BCUT2D eigenvalue weighted by atomic mass is 10.1. The molecule has 122 valence electrons. The molecule has 0 aliphatic carbocycles. The van der Waals surface area contributed by atoms with Crippen LogP contribution in [0.2, 0.25) is 0 Å². The lowest BCUT2D eigenvalue weighted by molar-refractivity contribution is 0.0948. The maximum Gasteiger partial charge on any atom is 0.271 e. The smallest absolute Gasteiger partial charge is 0.271 e. The van der Waals surface area contributed by atoms with Crippen molar-refractivity contribution in [2.24, 2.45) is 0 Å². The van der Waals surface area contributed by atoms with Crippen LogP contribution in [0.1, 0.15) is 34.9 Å². The van der Waals surface area contributed by atoms with Gasteiger partial charge >= 0.3 is 0 Å². The van der Waals surface area contributed by atoms with E-state index in [1.807, 2.05) is 16.9 Å². The summed E-state index contributed by atoms with van der Waals surface area (Å²) in [5, 5.41) is 20.0. The van der Waals surface area contributed by atoms with Gasteiger partial charge < -0.3 is 15.7 Å². The van der Waals surface area contributed by atoms with Crippen LogP contribution in [0.25, 0.3) is 0 Å². The summed E-state index contributed by atoms with van der Waals surface area (Å²) in [6.45, 7) is 2.47. The summed E-state index contributed by atoms with van der Waals surface area (Å²) >= 11 is 0. The Morgan fingerprint density at radius 3 is 3.13 bits per heavy atom. The van der Waals surface area contributed by atoms with Crippen LogP contribution in [-0.2, 0) is 6.42 Å². The molecule has 23 heavy (non-hydrogen) atoms. The highest BCUT2D eigenvalue weighted by Gasteiger charge is 2.17. The number of phenolic OH excluding ortho intramolecular Hbond substituents is 1. The molecule has 0 radical (unpaired) electrons. The van der Waals surface area contributed by atoms with Gasteiger partial charge in [0.1, 0.15) is 11.4 Å². The summed E-state index contributed by atoms with van der Waals surface area (Å²) in [6, 6.07) is 9.16. The molecule has 2 heterocycles. The van der Waals surface area contributed by atoms with Crippen LogP contribution in [-0.4, -0.2) is 40.4 Å². The largest absolute Gasteiger partial charge is 0.508 e. The molecule has 1 aliphatic heterocycles. The number of piperidine rings is 1. The summed E-state index contributed by atoms with van der Waals surface area (Å²) in [5.41, 5.74) is 1.44. The number of nitrogens with one attached hydrogen (secondary N) is 2. The number of amides is 1. The standard InChI is InChI=1S/C17H22N4O2/c22-15-5-1-3-13(11-15)6-9-19-17(23)16-7-10-21(20-16)14-4-2-8-18-12-14/h1,3,5,7,10-11,14,18,22H,2,4,6,8-9,12H2,(H,19,23). The molecule has 6 heteroatoms. The molecule has 0 saturated carbocycles. The van der Waals surface area contributed by atoms with E-state index in [-0.39, 0.29) is 11.7 Å². The van der Waals surface area contributed by atoms with Crippen LogP contribution in [0.3, 0.4) is 0 Å². The van der Waals surface area contributed by atoms with Crippen molar-refractivity contribution in [3.05, 3.63) is 47.8 Å². The van der Waals surface area contributed by atoms with E-state index in [0.717, 1.165) is 31.5 Å². The zero-order valence-electron chi connectivity index (χ0n) is 13.0. The van der Waals surface area contributed by atoms with E-state index in [1.165, 1.54) is 0 Å². The molecular formula is C17H22N4O2. The molecule has 1 unspecified atom stereocenters. The van der Waals surface area contributed by atoms with Crippen LogP contribution < -0.4 is 10.6 Å². The molecule has 1 aromatic carbocycles. The van der Waals surface area contributed by atoms with Crippen LogP contribution in [0, 0.1) is 0 Å². The van der Waals surface area contributed by atoms with Gasteiger partial charge in [0.25, 0.3) is 5.91 Å². The topological polar surface area (TPSA) is 79.2 Å². The number of aromatic hydroxyl groups is 1. The lowest BCUT2D eigenvalue weighted by Crippen LogP contribution is -2.32. The molecule has 1 aromatic heterocycles. The Bertz CT molecular complexity index is 662. The third-order valence-electron chi connectivity index (χ3n) is 4.10. The number of nitrogens with zero attached hydrogens (tertiary/aromatic N) is 2. The van der Waals surface area contributed by atoms with Crippen molar-refractivity contribution < 1.29 is 9.90 Å². The molecule has 1 saturated heterocycles. The minimum atomic E-state index is -0.160. The monoisotopic (exact) mass is 314 g/mol. The van der Waals surface area contributed by atoms with Gasteiger partial charge in [0.15, 0.2) is 0 Å². The number of carbonyl (C=O) groups is 1. The Kier molecular flexibility index (Phi) is 4.92. The Labute approximate surface area is 135 Å². The minimum absolute atomic E-state index is 0.160. The summed E-state index contributed by atoms with van der Waals surface area (Å²) in [7, 11) is 0. The zero-order chi connectivity index (χ0) is 16.1. The highest BCUT2D eigenvalue weighted by atomic mass is 16.3. The zero-order valence-corrected chi connectivity index (χ0v) is 13.0. The van der Waals surface area contributed by atoms with E-state index in [9.17, 15) is 9.90 Å². The molecule has 1 fully saturated rings. The Morgan fingerprint density at radius 2 is 2.35 bits per heavy atom. The fourth-order valence-electron chi connectivity index (χ4n) is 2.84. The predicted molar refractivity (Wildman–Crippen MR) is 87.5 cm³/mol. The average molecular weight is 314 g/mol. The summed E-state index contributed by atoms with van der Waals surface area (Å²) < 4.78 is 1.89. The molecule has 0 spiro atoms. The number of carbonyl (C=O) groups excluding carboxylic acids is 1. The van der Waals surface area contributed by atoms with Crippen molar-refractivity contribution in [3.8, 4) is 5.75 Å². The lowest BCUT2D eigenvalue weighted by Gasteiger charge is -2.22. The van der Waals surface area contributed by atoms with Gasteiger partial charge in [-0.05, 0) is 49.6 Å². The number of aromatic nitrogens is 2. The fourth-order valence-corrected chi connectivity index (χ4v) is 2.84. The molecule has 1 aliphatic rings. The number of hydrogen-bond acceptors (Lipinski definition) is 4. The SMILES string of the molecule is O=C(NCCc1cccc(O)c1)c1ccn(C2CCCNC2)n1. The van der Waals surface area contributed by atoms with Crippen molar-refractivity contribution in [3.63, 3.8) is 0 Å². The summed E-state index contributed by atoms with van der Waals surface area (Å²) in [5.74, 6) is 0.0846. The molecular weight excluding hydrogens is 292 g/mol. The van der Waals surface area contributed by atoms with E-state index >= 15 is 0 Å². The van der Waals surface area contributed by atoms with Gasteiger partial charge in [0.05, 0.1) is 6.04 Å². The Balaban J connectivity index is 1.51. The van der Waals surface area contributed by atoms with E-state index in [0.29, 0.717) is 24.7 Å². The fraction of sp³-hybridized carbons (Fsp3) is 0.412. The number of rotatable bonds is 5. The first-order valence-corrected chi connectivity index (χ1v) is 8.04. The maximum atomic E-state index is 12.1. The molecule has 1 atom stereocenters. The van der Waals surface area contributed by atoms with Gasteiger partial charge in [-0.25, -0.2) is 0 Å². The Hall–Kier alpha value is -2.34. The van der Waals surface area contributed by atoms with Gasteiger partial charge in [-0.1, -0.05) is 12.1 Å². The molecule has 0 bridgehead atoms. The number of benzene rings is 1.